The summed E-state index contributed by atoms with van der Waals surface area (Å²) >= 11 is 1.55. The molecule has 86 valence electrons. The average Bonchev–Trinajstić information content (AvgIpc) is 2.47. The third-order valence-electron chi connectivity index (χ3n) is 2.79. The van der Waals surface area contributed by atoms with Gasteiger partial charge in [-0.1, -0.05) is 6.07 Å². The van der Waals surface area contributed by atoms with Gasteiger partial charge in [-0.15, -0.1) is 0 Å². The van der Waals surface area contributed by atoms with Crippen LogP contribution in [0.4, 0.5) is 5.69 Å². The van der Waals surface area contributed by atoms with E-state index in [2.05, 4.69) is 4.72 Å². The number of hydrogen-bond donors (Lipinski definition) is 3. The predicted molar refractivity (Wildman–Crippen MR) is 70.1 cm³/mol. The molecule has 1 heterocycles. The van der Waals surface area contributed by atoms with Crippen molar-refractivity contribution in [2.24, 2.45) is 0 Å². The highest BCUT2D eigenvalue weighted by atomic mass is 32.2. The number of anilines is 1. The Balaban J connectivity index is 2.24. The molecule has 0 atom stereocenters. The molecule has 0 fully saturated rings. The Morgan fingerprint density at radius 1 is 0.941 bits per heavy atom. The van der Waals surface area contributed by atoms with Gasteiger partial charge in [-0.3, -0.25) is 0 Å². The van der Waals surface area contributed by atoms with Crippen LogP contribution < -0.4 is 4.72 Å². The van der Waals surface area contributed by atoms with Crippen LogP contribution in [0, 0.1) is 0 Å². The number of benzene rings is 2. The molecule has 0 bridgehead atoms. The first-order valence-corrected chi connectivity index (χ1v) is 6.26. The lowest BCUT2D eigenvalue weighted by atomic mass is 9.99. The van der Waals surface area contributed by atoms with Gasteiger partial charge in [0.2, 0.25) is 0 Å². The molecule has 0 radical (unpaired) electrons. The van der Waals surface area contributed by atoms with E-state index >= 15 is 0 Å². The molecule has 0 amide bonds. The van der Waals surface area contributed by atoms with Crippen LogP contribution in [0.15, 0.2) is 36.4 Å². The van der Waals surface area contributed by atoms with E-state index in [0.29, 0.717) is 0 Å². The monoisotopic (exact) mass is 245 g/mol. The lowest BCUT2D eigenvalue weighted by Gasteiger charge is -2.09. The van der Waals surface area contributed by atoms with Gasteiger partial charge in [0.25, 0.3) is 0 Å². The van der Waals surface area contributed by atoms with Crippen molar-refractivity contribution in [2.75, 3.05) is 4.72 Å². The summed E-state index contributed by atoms with van der Waals surface area (Å²) in [4.78, 5) is 0. The third-order valence-corrected chi connectivity index (χ3v) is 3.61. The summed E-state index contributed by atoms with van der Waals surface area (Å²) in [6.45, 7) is 0. The number of phenols is 2. The second-order valence-electron chi connectivity index (χ2n) is 3.96. The first-order chi connectivity index (χ1) is 8.24. The van der Waals surface area contributed by atoms with Crippen molar-refractivity contribution in [2.45, 2.75) is 5.75 Å². The number of rotatable bonds is 0. The quantitative estimate of drug-likeness (QED) is 0.623. The summed E-state index contributed by atoms with van der Waals surface area (Å²) in [5.41, 5.74) is 4.13. The van der Waals surface area contributed by atoms with Gasteiger partial charge in [0, 0.05) is 17.4 Å². The van der Waals surface area contributed by atoms with Crippen molar-refractivity contribution >= 4 is 17.6 Å². The Labute approximate surface area is 103 Å². The summed E-state index contributed by atoms with van der Waals surface area (Å²) in [7, 11) is 0. The van der Waals surface area contributed by atoms with E-state index in [4.69, 9.17) is 0 Å². The van der Waals surface area contributed by atoms with Crippen LogP contribution in [0.3, 0.4) is 0 Å². The van der Waals surface area contributed by atoms with Crippen LogP contribution in [-0.2, 0) is 5.75 Å². The van der Waals surface area contributed by atoms with E-state index in [1.165, 1.54) is 0 Å². The molecule has 4 heteroatoms. The zero-order valence-corrected chi connectivity index (χ0v) is 9.79. The van der Waals surface area contributed by atoms with Crippen LogP contribution in [0.25, 0.3) is 11.1 Å². The normalized spacial score (nSPS) is 13.2. The van der Waals surface area contributed by atoms with E-state index in [-0.39, 0.29) is 11.5 Å². The van der Waals surface area contributed by atoms with Crippen LogP contribution in [0.2, 0.25) is 0 Å². The molecule has 0 unspecified atom stereocenters. The summed E-state index contributed by atoms with van der Waals surface area (Å²) in [6, 6.07) is 10.7. The maximum absolute atomic E-state index is 9.50. The Morgan fingerprint density at radius 2 is 1.65 bits per heavy atom. The van der Waals surface area contributed by atoms with Crippen molar-refractivity contribution < 1.29 is 10.2 Å². The van der Waals surface area contributed by atoms with Crippen molar-refractivity contribution in [3.05, 3.63) is 42.0 Å². The maximum Gasteiger partial charge on any atom is 0.117 e. The molecule has 1 aliphatic rings. The molecule has 2 aromatic rings. The topological polar surface area (TPSA) is 52.5 Å². The van der Waals surface area contributed by atoms with Gasteiger partial charge < -0.3 is 14.9 Å². The number of fused-ring (bicyclic) bond motifs is 3. The van der Waals surface area contributed by atoms with E-state index in [0.717, 1.165) is 28.1 Å². The Bertz CT molecular complexity index is 532. The number of aromatic hydroxyl groups is 2. The molecule has 3 rings (SSSR count). The first kappa shape index (κ1) is 10.4. The van der Waals surface area contributed by atoms with E-state index in [1.54, 1.807) is 36.2 Å². The van der Waals surface area contributed by atoms with E-state index in [9.17, 15) is 10.2 Å². The average molecular weight is 245 g/mol. The largest absolute Gasteiger partial charge is 0.508 e. The fourth-order valence-electron chi connectivity index (χ4n) is 2.01. The lowest BCUT2D eigenvalue weighted by molar-refractivity contribution is 0.474. The molecule has 0 aliphatic carbocycles. The second-order valence-corrected chi connectivity index (χ2v) is 4.74. The molecule has 17 heavy (non-hydrogen) atoms. The van der Waals surface area contributed by atoms with Gasteiger partial charge in [0.15, 0.2) is 0 Å². The van der Waals surface area contributed by atoms with Crippen molar-refractivity contribution in [3.63, 3.8) is 0 Å². The van der Waals surface area contributed by atoms with Crippen LogP contribution in [0.1, 0.15) is 5.56 Å². The standard InChI is InChI=1S/C13H11NO2S/c15-9-1-3-11-8(5-9)7-17-14-13-6-10(16)2-4-12(11)13/h1-6,14-16H,7H2. The summed E-state index contributed by atoms with van der Waals surface area (Å²) in [5.74, 6) is 1.31. The van der Waals surface area contributed by atoms with Gasteiger partial charge in [0.05, 0.1) is 5.69 Å². The molecule has 0 spiro atoms. The minimum atomic E-state index is 0.249. The summed E-state index contributed by atoms with van der Waals surface area (Å²) in [6.07, 6.45) is 0. The smallest absolute Gasteiger partial charge is 0.117 e. The number of phenolic OH excluding ortho intramolecular Hbond substituents is 2. The summed E-state index contributed by atoms with van der Waals surface area (Å²) < 4.78 is 3.21. The van der Waals surface area contributed by atoms with Gasteiger partial charge in [-0.2, -0.15) is 0 Å². The van der Waals surface area contributed by atoms with Crippen LogP contribution in [-0.4, -0.2) is 10.2 Å². The molecule has 3 nitrogen and oxygen atoms in total. The van der Waals surface area contributed by atoms with Gasteiger partial charge in [0.1, 0.15) is 11.5 Å². The first-order valence-electron chi connectivity index (χ1n) is 5.27. The van der Waals surface area contributed by atoms with Gasteiger partial charge in [-0.05, 0) is 47.3 Å². The highest BCUT2D eigenvalue weighted by Gasteiger charge is 2.15. The third kappa shape index (κ3) is 1.80. The highest BCUT2D eigenvalue weighted by Crippen LogP contribution is 2.39. The molecular formula is C13H11NO2S. The number of nitrogens with one attached hydrogen (secondary N) is 1. The predicted octanol–water partition coefficient (Wildman–Crippen LogP) is 3.34. The number of hydrogen-bond acceptors (Lipinski definition) is 4. The molecule has 2 aromatic carbocycles. The van der Waals surface area contributed by atoms with E-state index in [1.807, 2.05) is 12.1 Å². The van der Waals surface area contributed by atoms with Crippen LogP contribution >= 0.6 is 11.9 Å². The highest BCUT2D eigenvalue weighted by molar-refractivity contribution is 7.99. The minimum Gasteiger partial charge on any atom is -0.508 e. The van der Waals surface area contributed by atoms with E-state index < -0.39 is 0 Å². The zero-order chi connectivity index (χ0) is 11.8. The Hall–Kier alpha value is -1.81. The maximum atomic E-state index is 9.50. The minimum absolute atomic E-state index is 0.249. The zero-order valence-electron chi connectivity index (χ0n) is 8.97. The molecule has 3 N–H and O–H groups in total. The summed E-state index contributed by atoms with van der Waals surface area (Å²) in [5, 5.41) is 19.0. The molecule has 1 aliphatic heterocycles. The molecule has 0 aromatic heterocycles. The fraction of sp³-hybridized carbons (Fsp3) is 0.0769. The lowest BCUT2D eigenvalue weighted by Crippen LogP contribution is -1.86. The molecule has 0 saturated heterocycles. The van der Waals surface area contributed by atoms with Gasteiger partial charge in [-0.25, -0.2) is 0 Å². The molecule has 0 saturated carbocycles. The molecular weight excluding hydrogens is 234 g/mol. The SMILES string of the molecule is Oc1ccc2c(c1)CSNc1cc(O)ccc1-2. The van der Waals surface area contributed by atoms with Crippen molar-refractivity contribution in [3.8, 4) is 22.6 Å². The van der Waals surface area contributed by atoms with Gasteiger partial charge >= 0.3 is 0 Å². The van der Waals surface area contributed by atoms with Crippen molar-refractivity contribution in [1.29, 1.82) is 0 Å². The van der Waals surface area contributed by atoms with Crippen LogP contribution in [0.5, 0.6) is 11.5 Å². The van der Waals surface area contributed by atoms with Crippen molar-refractivity contribution in [1.82, 2.24) is 0 Å². The second kappa shape index (κ2) is 3.89. The Kier molecular flexibility index (Phi) is 2.37. The Morgan fingerprint density at radius 3 is 2.47 bits per heavy atom. The fourth-order valence-corrected chi connectivity index (χ4v) is 2.80.